The molecule has 1 aliphatic carbocycles. The molecule has 112 valence electrons. The molecule has 1 fully saturated rings. The van der Waals surface area contributed by atoms with E-state index in [4.69, 9.17) is 5.84 Å². The van der Waals surface area contributed by atoms with Crippen molar-refractivity contribution in [2.24, 2.45) is 11.3 Å². The van der Waals surface area contributed by atoms with E-state index < -0.39 is 10.0 Å². The minimum Gasteiger partial charge on any atom is -0.308 e. The largest absolute Gasteiger partial charge is 0.308 e. The number of hydrogen-bond acceptors (Lipinski definition) is 5. The maximum absolute atomic E-state index is 12.3. The Labute approximate surface area is 120 Å². The van der Waals surface area contributed by atoms with E-state index in [9.17, 15) is 8.42 Å². The number of anilines is 1. The predicted molar refractivity (Wildman–Crippen MR) is 78.4 cm³/mol. The van der Waals surface area contributed by atoms with Crippen LogP contribution in [0.2, 0.25) is 0 Å². The molecule has 0 amide bonds. The quantitative estimate of drug-likeness (QED) is 0.579. The Balaban J connectivity index is 2.04. The fourth-order valence-electron chi connectivity index (χ4n) is 2.43. The van der Waals surface area contributed by atoms with Crippen LogP contribution in [0.3, 0.4) is 0 Å². The molecular formula is C13H22N4O2S. The fourth-order valence-corrected chi connectivity index (χ4v) is 3.68. The molecule has 1 aromatic rings. The first-order valence-corrected chi connectivity index (χ1v) is 8.26. The summed E-state index contributed by atoms with van der Waals surface area (Å²) in [6.07, 6.45) is 5.14. The van der Waals surface area contributed by atoms with Crippen LogP contribution in [-0.2, 0) is 10.0 Å². The molecule has 7 heteroatoms. The summed E-state index contributed by atoms with van der Waals surface area (Å²) in [6, 6.07) is 3.05. The summed E-state index contributed by atoms with van der Waals surface area (Å²) in [5.41, 5.74) is 2.69. The second-order valence-electron chi connectivity index (χ2n) is 6.08. The smallest absolute Gasteiger partial charge is 0.242 e. The molecule has 1 saturated carbocycles. The molecule has 20 heavy (non-hydrogen) atoms. The number of nitrogens with one attached hydrogen (secondary N) is 2. The third kappa shape index (κ3) is 3.68. The van der Waals surface area contributed by atoms with Crippen LogP contribution in [0.5, 0.6) is 0 Å². The van der Waals surface area contributed by atoms with Crippen molar-refractivity contribution in [2.45, 2.75) is 50.5 Å². The van der Waals surface area contributed by atoms with E-state index in [1.165, 1.54) is 12.3 Å². The number of aromatic nitrogens is 1. The van der Waals surface area contributed by atoms with Crippen molar-refractivity contribution in [2.75, 3.05) is 5.43 Å². The first-order valence-electron chi connectivity index (χ1n) is 6.77. The topological polar surface area (TPSA) is 97.1 Å². The predicted octanol–water partition coefficient (Wildman–Crippen LogP) is 1.61. The Morgan fingerprint density at radius 2 is 1.95 bits per heavy atom. The normalized spacial score (nSPS) is 19.8. The minimum absolute atomic E-state index is 0.0142. The van der Waals surface area contributed by atoms with Gasteiger partial charge in [-0.25, -0.2) is 24.0 Å². The van der Waals surface area contributed by atoms with E-state index in [1.807, 2.05) is 0 Å². The number of nitrogens with zero attached hydrogens (tertiary/aromatic N) is 1. The van der Waals surface area contributed by atoms with Crippen molar-refractivity contribution < 1.29 is 8.42 Å². The van der Waals surface area contributed by atoms with Crippen molar-refractivity contribution in [3.8, 4) is 0 Å². The van der Waals surface area contributed by atoms with Crippen LogP contribution in [0.4, 0.5) is 5.82 Å². The van der Waals surface area contributed by atoms with E-state index in [1.54, 1.807) is 6.07 Å². The lowest BCUT2D eigenvalue weighted by Gasteiger charge is -2.34. The Morgan fingerprint density at radius 3 is 2.45 bits per heavy atom. The minimum atomic E-state index is -3.50. The van der Waals surface area contributed by atoms with Gasteiger partial charge in [0.15, 0.2) is 0 Å². The molecule has 1 aliphatic rings. The first kappa shape index (κ1) is 15.2. The summed E-state index contributed by atoms with van der Waals surface area (Å²) in [5.74, 6) is 5.64. The molecule has 1 aromatic heterocycles. The van der Waals surface area contributed by atoms with Crippen LogP contribution in [0.15, 0.2) is 23.2 Å². The molecule has 0 radical (unpaired) electrons. The van der Waals surface area contributed by atoms with Crippen molar-refractivity contribution in [3.05, 3.63) is 18.3 Å². The average Bonchev–Trinajstić information content (AvgIpc) is 2.41. The van der Waals surface area contributed by atoms with Crippen LogP contribution in [-0.4, -0.2) is 19.4 Å². The summed E-state index contributed by atoms with van der Waals surface area (Å²) in [4.78, 5) is 4.09. The molecule has 6 nitrogen and oxygen atoms in total. The Morgan fingerprint density at radius 1 is 1.30 bits per heavy atom. The molecule has 0 unspecified atom stereocenters. The number of nitrogens with two attached hydrogens (primary N) is 1. The Bertz CT molecular complexity index is 544. The summed E-state index contributed by atoms with van der Waals surface area (Å²) < 4.78 is 27.3. The molecule has 0 atom stereocenters. The standard InChI is InChI=1S/C13H22N4O2S/c1-13(2)7-5-10(6-8-13)17-20(18,19)11-3-4-12(16-14)15-9-11/h3-4,9-10,17H,5-8,14H2,1-2H3,(H,15,16). The molecule has 1 heterocycles. The molecule has 0 bridgehead atoms. The number of pyridine rings is 1. The zero-order valence-electron chi connectivity index (χ0n) is 11.9. The molecule has 0 aliphatic heterocycles. The van der Waals surface area contributed by atoms with Gasteiger partial charge in [-0.3, -0.25) is 0 Å². The van der Waals surface area contributed by atoms with Gasteiger partial charge >= 0.3 is 0 Å². The second kappa shape index (κ2) is 5.67. The Kier molecular flexibility index (Phi) is 4.31. The van der Waals surface area contributed by atoms with E-state index in [0.29, 0.717) is 11.2 Å². The van der Waals surface area contributed by atoms with Gasteiger partial charge < -0.3 is 5.43 Å². The van der Waals surface area contributed by atoms with Crippen LogP contribution in [0, 0.1) is 5.41 Å². The van der Waals surface area contributed by atoms with Crippen molar-refractivity contribution in [3.63, 3.8) is 0 Å². The van der Waals surface area contributed by atoms with Crippen LogP contribution < -0.4 is 16.0 Å². The third-order valence-corrected chi connectivity index (χ3v) is 5.36. The number of rotatable bonds is 4. The summed E-state index contributed by atoms with van der Waals surface area (Å²) in [5, 5.41) is 0. The molecule has 2 rings (SSSR count). The van der Waals surface area contributed by atoms with E-state index in [0.717, 1.165) is 25.7 Å². The third-order valence-electron chi connectivity index (χ3n) is 3.86. The number of sulfonamides is 1. The molecule has 0 aromatic carbocycles. The van der Waals surface area contributed by atoms with Gasteiger partial charge in [-0.15, -0.1) is 0 Å². The van der Waals surface area contributed by atoms with Gasteiger partial charge in [0, 0.05) is 12.2 Å². The lowest BCUT2D eigenvalue weighted by atomic mass is 9.76. The van der Waals surface area contributed by atoms with Crippen LogP contribution >= 0.6 is 0 Å². The monoisotopic (exact) mass is 298 g/mol. The highest BCUT2D eigenvalue weighted by molar-refractivity contribution is 7.89. The molecule has 4 N–H and O–H groups in total. The molecular weight excluding hydrogens is 276 g/mol. The van der Waals surface area contributed by atoms with Crippen molar-refractivity contribution in [1.82, 2.24) is 9.71 Å². The lowest BCUT2D eigenvalue weighted by Crippen LogP contribution is -2.39. The summed E-state index contributed by atoms with van der Waals surface area (Å²) in [7, 11) is -3.50. The van der Waals surface area contributed by atoms with E-state index >= 15 is 0 Å². The van der Waals surface area contributed by atoms with Gasteiger partial charge in [0.25, 0.3) is 0 Å². The zero-order chi connectivity index (χ0) is 14.8. The number of nitrogen functional groups attached to an aromatic ring is 1. The van der Waals surface area contributed by atoms with Crippen molar-refractivity contribution in [1.29, 1.82) is 0 Å². The first-order chi connectivity index (χ1) is 9.32. The van der Waals surface area contributed by atoms with Crippen LogP contribution in [0.25, 0.3) is 0 Å². The maximum atomic E-state index is 12.3. The highest BCUT2D eigenvalue weighted by Crippen LogP contribution is 2.35. The van der Waals surface area contributed by atoms with E-state index in [-0.39, 0.29) is 10.9 Å². The SMILES string of the molecule is CC1(C)CCC(NS(=O)(=O)c2ccc(NN)nc2)CC1. The van der Waals surface area contributed by atoms with Gasteiger partial charge in [-0.2, -0.15) is 0 Å². The zero-order valence-corrected chi connectivity index (χ0v) is 12.7. The van der Waals surface area contributed by atoms with Gasteiger partial charge in [0.05, 0.1) is 0 Å². The van der Waals surface area contributed by atoms with Gasteiger partial charge in [-0.1, -0.05) is 13.8 Å². The number of hydrogen-bond donors (Lipinski definition) is 3. The van der Waals surface area contributed by atoms with Gasteiger partial charge in [0.1, 0.15) is 10.7 Å². The summed E-state index contributed by atoms with van der Waals surface area (Å²) in [6.45, 7) is 4.44. The highest BCUT2D eigenvalue weighted by Gasteiger charge is 2.29. The van der Waals surface area contributed by atoms with Crippen molar-refractivity contribution >= 4 is 15.8 Å². The average molecular weight is 298 g/mol. The summed E-state index contributed by atoms with van der Waals surface area (Å²) >= 11 is 0. The number of hydrazine groups is 1. The van der Waals surface area contributed by atoms with E-state index in [2.05, 4.69) is 29.0 Å². The second-order valence-corrected chi connectivity index (χ2v) is 7.80. The highest BCUT2D eigenvalue weighted by atomic mass is 32.2. The maximum Gasteiger partial charge on any atom is 0.242 e. The fraction of sp³-hybridized carbons (Fsp3) is 0.615. The van der Waals surface area contributed by atoms with Gasteiger partial charge in [-0.05, 0) is 43.2 Å². The lowest BCUT2D eigenvalue weighted by molar-refractivity contribution is 0.218. The Hall–Kier alpha value is -1.18. The van der Waals surface area contributed by atoms with Crippen LogP contribution in [0.1, 0.15) is 39.5 Å². The molecule has 0 saturated heterocycles. The molecule has 0 spiro atoms. The van der Waals surface area contributed by atoms with Gasteiger partial charge in [0.2, 0.25) is 10.0 Å².